The third kappa shape index (κ3) is 4.82. The van der Waals surface area contributed by atoms with Crippen molar-refractivity contribution in [3.05, 3.63) is 72.6 Å². The Morgan fingerprint density at radius 1 is 0.963 bits per heavy atom. The maximum absolute atomic E-state index is 12.4. The Labute approximate surface area is 158 Å². The van der Waals surface area contributed by atoms with Gasteiger partial charge in [-0.2, -0.15) is 0 Å². The van der Waals surface area contributed by atoms with Crippen molar-refractivity contribution in [3.8, 4) is 11.6 Å². The molecule has 3 aromatic rings. The van der Waals surface area contributed by atoms with E-state index in [0.29, 0.717) is 22.9 Å². The molecule has 2 heterocycles. The molecule has 0 aliphatic carbocycles. The van der Waals surface area contributed by atoms with Gasteiger partial charge in [-0.15, -0.1) is 0 Å². The lowest BCUT2D eigenvalue weighted by Crippen LogP contribution is -2.22. The number of nitrogens with zero attached hydrogens (tertiary/aromatic N) is 3. The fraction of sp³-hybridized carbons (Fsp3) is 0.190. The molecule has 0 atom stereocenters. The van der Waals surface area contributed by atoms with Gasteiger partial charge in [0.2, 0.25) is 5.88 Å². The third-order valence-corrected chi connectivity index (χ3v) is 4.06. The second kappa shape index (κ2) is 8.80. The average Bonchev–Trinajstić information content (AvgIpc) is 2.71. The number of carbonyl (C=O) groups is 1. The van der Waals surface area contributed by atoms with E-state index in [2.05, 4.69) is 34.0 Å². The lowest BCUT2D eigenvalue weighted by atomic mass is 10.2. The van der Waals surface area contributed by atoms with E-state index in [1.165, 1.54) is 6.20 Å². The zero-order chi connectivity index (χ0) is 19.1. The van der Waals surface area contributed by atoms with Crippen molar-refractivity contribution in [2.45, 2.75) is 13.8 Å². The first kappa shape index (κ1) is 18.4. The lowest BCUT2D eigenvalue weighted by molar-refractivity contribution is 0.102. The minimum absolute atomic E-state index is 0.244. The molecule has 0 saturated carbocycles. The summed E-state index contributed by atoms with van der Waals surface area (Å²) in [4.78, 5) is 23.1. The number of carbonyl (C=O) groups excluding carboxylic acids is 1. The number of ether oxygens (including phenoxy) is 1. The van der Waals surface area contributed by atoms with Crippen LogP contribution in [0.5, 0.6) is 11.6 Å². The maximum Gasteiger partial charge on any atom is 0.257 e. The predicted molar refractivity (Wildman–Crippen MR) is 107 cm³/mol. The quantitative estimate of drug-likeness (QED) is 0.676. The van der Waals surface area contributed by atoms with Crippen molar-refractivity contribution in [2.24, 2.45) is 0 Å². The maximum atomic E-state index is 12.4. The first-order chi connectivity index (χ1) is 13.2. The Balaban J connectivity index is 1.62. The number of benzene rings is 1. The van der Waals surface area contributed by atoms with Crippen LogP contribution in [0.2, 0.25) is 0 Å². The van der Waals surface area contributed by atoms with Crippen LogP contribution in [0.25, 0.3) is 0 Å². The second-order valence-electron chi connectivity index (χ2n) is 5.83. The van der Waals surface area contributed by atoms with Gasteiger partial charge in [-0.1, -0.05) is 18.2 Å². The molecule has 0 saturated heterocycles. The smallest absolute Gasteiger partial charge is 0.257 e. The number of hydrogen-bond donors (Lipinski definition) is 1. The Bertz CT molecular complexity index is 861. The molecule has 2 aromatic heterocycles. The zero-order valence-electron chi connectivity index (χ0n) is 15.4. The molecular formula is C21H22N4O2. The van der Waals surface area contributed by atoms with E-state index >= 15 is 0 Å². The normalized spacial score (nSPS) is 10.3. The highest BCUT2D eigenvalue weighted by Gasteiger charge is 2.09. The molecule has 1 N–H and O–H groups in total. The molecule has 0 spiro atoms. The number of rotatable bonds is 7. The molecule has 3 rings (SSSR count). The van der Waals surface area contributed by atoms with Gasteiger partial charge < -0.3 is 15.0 Å². The Hall–Kier alpha value is -3.41. The van der Waals surface area contributed by atoms with E-state index in [1.54, 1.807) is 18.3 Å². The van der Waals surface area contributed by atoms with Crippen molar-refractivity contribution in [2.75, 3.05) is 23.3 Å². The summed E-state index contributed by atoms with van der Waals surface area (Å²) in [6, 6.07) is 16.5. The van der Waals surface area contributed by atoms with Crippen LogP contribution in [0.15, 0.2) is 67.0 Å². The molecule has 0 bridgehead atoms. The molecular weight excluding hydrogens is 340 g/mol. The summed E-state index contributed by atoms with van der Waals surface area (Å²) >= 11 is 0. The van der Waals surface area contributed by atoms with Crippen molar-refractivity contribution < 1.29 is 9.53 Å². The molecule has 0 radical (unpaired) electrons. The summed E-state index contributed by atoms with van der Waals surface area (Å²) in [7, 11) is 0. The van der Waals surface area contributed by atoms with Gasteiger partial charge >= 0.3 is 0 Å². The zero-order valence-corrected chi connectivity index (χ0v) is 15.4. The van der Waals surface area contributed by atoms with Crippen LogP contribution in [0.3, 0.4) is 0 Å². The predicted octanol–water partition coefficient (Wildman–Crippen LogP) is 4.37. The fourth-order valence-corrected chi connectivity index (χ4v) is 2.58. The van der Waals surface area contributed by atoms with E-state index in [4.69, 9.17) is 4.74 Å². The van der Waals surface area contributed by atoms with Gasteiger partial charge in [0.1, 0.15) is 11.6 Å². The summed E-state index contributed by atoms with van der Waals surface area (Å²) in [5, 5.41) is 2.83. The van der Waals surface area contributed by atoms with Crippen molar-refractivity contribution in [3.63, 3.8) is 0 Å². The van der Waals surface area contributed by atoms with Gasteiger partial charge in [0, 0.05) is 25.4 Å². The summed E-state index contributed by atoms with van der Waals surface area (Å²) < 4.78 is 5.63. The van der Waals surface area contributed by atoms with Crippen LogP contribution in [-0.4, -0.2) is 29.0 Å². The van der Waals surface area contributed by atoms with E-state index < -0.39 is 0 Å². The largest absolute Gasteiger partial charge is 0.439 e. The Kier molecular flexibility index (Phi) is 5.99. The van der Waals surface area contributed by atoms with Gasteiger partial charge in [0.05, 0.1) is 17.4 Å². The molecule has 6 nitrogen and oxygen atoms in total. The molecule has 27 heavy (non-hydrogen) atoms. The van der Waals surface area contributed by atoms with Crippen LogP contribution < -0.4 is 15.0 Å². The van der Waals surface area contributed by atoms with Crippen LogP contribution in [0.1, 0.15) is 24.2 Å². The molecule has 1 aromatic carbocycles. The summed E-state index contributed by atoms with van der Waals surface area (Å²) in [5.41, 5.74) is 1.09. The first-order valence-corrected chi connectivity index (χ1v) is 8.91. The van der Waals surface area contributed by atoms with Gasteiger partial charge in [-0.05, 0) is 44.2 Å². The van der Waals surface area contributed by atoms with Crippen LogP contribution in [0, 0.1) is 0 Å². The highest BCUT2D eigenvalue weighted by atomic mass is 16.5. The van der Waals surface area contributed by atoms with Gasteiger partial charge in [0.25, 0.3) is 5.91 Å². The third-order valence-electron chi connectivity index (χ3n) is 4.06. The van der Waals surface area contributed by atoms with Crippen molar-refractivity contribution >= 4 is 17.4 Å². The first-order valence-electron chi connectivity index (χ1n) is 8.91. The van der Waals surface area contributed by atoms with Crippen LogP contribution >= 0.6 is 0 Å². The van der Waals surface area contributed by atoms with Crippen LogP contribution in [-0.2, 0) is 0 Å². The number of hydrogen-bond acceptors (Lipinski definition) is 5. The molecule has 138 valence electrons. The minimum atomic E-state index is -0.244. The van der Waals surface area contributed by atoms with Gasteiger partial charge in [-0.25, -0.2) is 9.97 Å². The number of nitrogens with one attached hydrogen (secondary N) is 1. The average molecular weight is 362 g/mol. The number of amides is 1. The van der Waals surface area contributed by atoms with Gasteiger partial charge in [-0.3, -0.25) is 4.79 Å². The molecule has 0 unspecified atom stereocenters. The number of aromatic nitrogens is 2. The number of anilines is 2. The fourth-order valence-electron chi connectivity index (χ4n) is 2.58. The molecule has 0 aliphatic heterocycles. The molecule has 0 aliphatic rings. The number of para-hydroxylation sites is 1. The highest BCUT2D eigenvalue weighted by molar-refractivity contribution is 6.04. The molecule has 0 fully saturated rings. The highest BCUT2D eigenvalue weighted by Crippen LogP contribution is 2.19. The summed E-state index contributed by atoms with van der Waals surface area (Å²) in [5.74, 6) is 1.78. The van der Waals surface area contributed by atoms with E-state index in [0.717, 1.165) is 18.9 Å². The minimum Gasteiger partial charge on any atom is -0.439 e. The molecule has 6 heteroatoms. The van der Waals surface area contributed by atoms with Crippen molar-refractivity contribution in [1.82, 2.24) is 9.97 Å². The Morgan fingerprint density at radius 3 is 2.33 bits per heavy atom. The standard InChI is InChI=1S/C21H22N4O2/c1-3-25(4-2)19-12-11-17(15-22-19)24-21(26)16-10-13-20(23-14-16)27-18-8-6-5-7-9-18/h5-15H,3-4H2,1-2H3,(H,24,26). The summed E-state index contributed by atoms with van der Waals surface area (Å²) in [6.07, 6.45) is 3.15. The van der Waals surface area contributed by atoms with E-state index in [-0.39, 0.29) is 5.91 Å². The van der Waals surface area contributed by atoms with Crippen LogP contribution in [0.4, 0.5) is 11.5 Å². The summed E-state index contributed by atoms with van der Waals surface area (Å²) in [6.45, 7) is 5.94. The van der Waals surface area contributed by atoms with E-state index in [1.807, 2.05) is 42.5 Å². The Morgan fingerprint density at radius 2 is 1.74 bits per heavy atom. The topological polar surface area (TPSA) is 67.4 Å². The SMILES string of the molecule is CCN(CC)c1ccc(NC(=O)c2ccc(Oc3ccccc3)nc2)cn1. The van der Waals surface area contributed by atoms with Gasteiger partial charge in [0.15, 0.2) is 0 Å². The molecule has 1 amide bonds. The second-order valence-corrected chi connectivity index (χ2v) is 5.83. The number of pyridine rings is 2. The van der Waals surface area contributed by atoms with E-state index in [9.17, 15) is 4.79 Å². The van der Waals surface area contributed by atoms with Crippen molar-refractivity contribution in [1.29, 1.82) is 0 Å². The lowest BCUT2D eigenvalue weighted by Gasteiger charge is -2.19. The monoisotopic (exact) mass is 362 g/mol.